The smallest absolute Gasteiger partial charge is 0.208 e. The van der Waals surface area contributed by atoms with Crippen LogP contribution in [0.5, 0.6) is 0 Å². The first kappa shape index (κ1) is 11.9. The first-order valence-electron chi connectivity index (χ1n) is 6.28. The van der Waals surface area contributed by atoms with Crippen molar-refractivity contribution >= 4 is 5.65 Å². The molecule has 3 heterocycles. The fraction of sp³-hybridized carbons (Fsp3) is 0.286. The van der Waals surface area contributed by atoms with Crippen LogP contribution in [-0.4, -0.2) is 14.4 Å². The molecule has 1 N–H and O–H groups in total. The number of hydrogen-bond donors (Lipinski definition) is 1. The summed E-state index contributed by atoms with van der Waals surface area (Å²) < 4.78 is 7.52. The first-order valence-corrected chi connectivity index (χ1v) is 6.28. The molecule has 19 heavy (non-hydrogen) atoms. The molecule has 0 unspecified atom stereocenters. The molecule has 98 valence electrons. The Kier molecular flexibility index (Phi) is 3.05. The van der Waals surface area contributed by atoms with Crippen LogP contribution in [0, 0.1) is 13.8 Å². The lowest BCUT2D eigenvalue weighted by Crippen LogP contribution is -2.15. The topological polar surface area (TPSA) is 55.4 Å². The number of aryl methyl sites for hydroxylation is 2. The lowest BCUT2D eigenvalue weighted by Gasteiger charge is -2.04. The number of aromatic nitrogens is 3. The molecule has 0 fully saturated rings. The molecule has 0 aliphatic heterocycles. The quantitative estimate of drug-likeness (QED) is 0.777. The lowest BCUT2D eigenvalue weighted by molar-refractivity contribution is 0.448. The van der Waals surface area contributed by atoms with Gasteiger partial charge in [-0.05, 0) is 26.0 Å². The Balaban J connectivity index is 1.73. The number of rotatable bonds is 4. The van der Waals surface area contributed by atoms with E-state index in [2.05, 4.69) is 19.7 Å². The largest absolute Gasteiger partial charge is 0.445 e. The number of oxazole rings is 1. The Labute approximate surface area is 111 Å². The normalized spacial score (nSPS) is 11.3. The minimum absolute atomic E-state index is 0.618. The molecular formula is C14H16N4O. The molecule has 0 aliphatic rings. The Morgan fingerprint density at radius 1 is 1.26 bits per heavy atom. The summed E-state index contributed by atoms with van der Waals surface area (Å²) in [7, 11) is 0. The van der Waals surface area contributed by atoms with Crippen LogP contribution in [0.4, 0.5) is 0 Å². The van der Waals surface area contributed by atoms with Gasteiger partial charge >= 0.3 is 0 Å². The minimum atomic E-state index is 0.618. The van der Waals surface area contributed by atoms with Gasteiger partial charge in [-0.25, -0.2) is 9.97 Å². The van der Waals surface area contributed by atoms with Crippen LogP contribution < -0.4 is 5.32 Å². The summed E-state index contributed by atoms with van der Waals surface area (Å²) in [5, 5.41) is 3.33. The van der Waals surface area contributed by atoms with E-state index in [0.29, 0.717) is 12.4 Å². The second-order valence-electron chi connectivity index (χ2n) is 4.54. The van der Waals surface area contributed by atoms with Gasteiger partial charge in [-0.15, -0.1) is 0 Å². The zero-order valence-electron chi connectivity index (χ0n) is 11.1. The molecule has 0 radical (unpaired) electrons. The highest BCUT2D eigenvalue weighted by molar-refractivity contribution is 5.42. The average molecular weight is 256 g/mol. The first-order chi connectivity index (χ1) is 9.24. The Morgan fingerprint density at radius 3 is 2.95 bits per heavy atom. The predicted molar refractivity (Wildman–Crippen MR) is 71.7 cm³/mol. The van der Waals surface area contributed by atoms with Gasteiger partial charge in [0.1, 0.15) is 11.4 Å². The zero-order chi connectivity index (χ0) is 13.2. The van der Waals surface area contributed by atoms with Crippen LogP contribution >= 0.6 is 0 Å². The molecule has 0 atom stereocenters. The summed E-state index contributed by atoms with van der Waals surface area (Å²) in [5.74, 6) is 1.55. The van der Waals surface area contributed by atoms with Crippen LogP contribution in [0.25, 0.3) is 5.65 Å². The van der Waals surface area contributed by atoms with Crippen LogP contribution in [-0.2, 0) is 13.1 Å². The molecule has 0 spiro atoms. The molecule has 3 aromatic rings. The maximum atomic E-state index is 5.42. The number of nitrogens with zero attached hydrogens (tertiary/aromatic N) is 3. The van der Waals surface area contributed by atoms with Crippen molar-refractivity contribution in [1.82, 2.24) is 19.7 Å². The summed E-state index contributed by atoms with van der Waals surface area (Å²) >= 11 is 0. The van der Waals surface area contributed by atoms with E-state index in [-0.39, 0.29) is 0 Å². The van der Waals surface area contributed by atoms with Crippen molar-refractivity contribution in [3.8, 4) is 0 Å². The van der Waals surface area contributed by atoms with Crippen molar-refractivity contribution in [1.29, 1.82) is 0 Å². The summed E-state index contributed by atoms with van der Waals surface area (Å²) in [6.45, 7) is 5.27. The van der Waals surface area contributed by atoms with E-state index < -0.39 is 0 Å². The monoisotopic (exact) mass is 256 g/mol. The van der Waals surface area contributed by atoms with Crippen molar-refractivity contribution in [2.75, 3.05) is 0 Å². The number of imidazole rings is 1. The molecule has 3 rings (SSSR count). The second-order valence-corrected chi connectivity index (χ2v) is 4.54. The fourth-order valence-electron chi connectivity index (χ4n) is 2.15. The summed E-state index contributed by atoms with van der Waals surface area (Å²) in [6.07, 6.45) is 3.76. The average Bonchev–Trinajstić information content (AvgIpc) is 2.94. The predicted octanol–water partition coefficient (Wildman–Crippen LogP) is 2.23. The summed E-state index contributed by atoms with van der Waals surface area (Å²) in [6, 6.07) is 6.01. The SMILES string of the molecule is Cc1cnc(CNCc2c(C)nc3ccccn23)o1. The van der Waals surface area contributed by atoms with Crippen molar-refractivity contribution in [2.24, 2.45) is 0 Å². The van der Waals surface area contributed by atoms with Crippen molar-refractivity contribution < 1.29 is 4.42 Å². The van der Waals surface area contributed by atoms with E-state index in [0.717, 1.165) is 23.6 Å². The van der Waals surface area contributed by atoms with Gasteiger partial charge in [0.15, 0.2) is 0 Å². The van der Waals surface area contributed by atoms with E-state index in [1.54, 1.807) is 6.20 Å². The van der Waals surface area contributed by atoms with Gasteiger partial charge in [-0.2, -0.15) is 0 Å². The van der Waals surface area contributed by atoms with Gasteiger partial charge in [0.05, 0.1) is 24.1 Å². The molecule has 0 aromatic carbocycles. The number of nitrogens with one attached hydrogen (secondary N) is 1. The van der Waals surface area contributed by atoms with Gasteiger partial charge < -0.3 is 14.1 Å². The van der Waals surface area contributed by atoms with Gasteiger partial charge in [0, 0.05) is 12.7 Å². The van der Waals surface area contributed by atoms with E-state index in [1.807, 2.05) is 38.2 Å². The molecule has 0 aliphatic carbocycles. The highest BCUT2D eigenvalue weighted by Crippen LogP contribution is 2.11. The second kappa shape index (κ2) is 4.85. The van der Waals surface area contributed by atoms with E-state index in [9.17, 15) is 0 Å². The summed E-state index contributed by atoms with van der Waals surface area (Å²) in [4.78, 5) is 8.69. The van der Waals surface area contributed by atoms with Gasteiger partial charge in [-0.1, -0.05) is 6.07 Å². The maximum absolute atomic E-state index is 5.42. The Bertz CT molecular complexity index is 698. The number of pyridine rings is 1. The number of hydrogen-bond acceptors (Lipinski definition) is 4. The van der Waals surface area contributed by atoms with E-state index >= 15 is 0 Å². The molecule has 5 heteroatoms. The summed E-state index contributed by atoms with van der Waals surface area (Å²) in [5.41, 5.74) is 3.19. The minimum Gasteiger partial charge on any atom is -0.445 e. The molecule has 0 amide bonds. The molecule has 3 aromatic heterocycles. The lowest BCUT2D eigenvalue weighted by atomic mass is 10.3. The maximum Gasteiger partial charge on any atom is 0.208 e. The molecule has 0 saturated heterocycles. The van der Waals surface area contributed by atoms with Crippen LogP contribution in [0.15, 0.2) is 35.0 Å². The third-order valence-corrected chi connectivity index (χ3v) is 3.07. The highest BCUT2D eigenvalue weighted by Gasteiger charge is 2.08. The van der Waals surface area contributed by atoms with Gasteiger partial charge in [0.2, 0.25) is 5.89 Å². The van der Waals surface area contributed by atoms with Crippen molar-refractivity contribution in [3.05, 3.63) is 53.6 Å². The van der Waals surface area contributed by atoms with Crippen LogP contribution in [0.3, 0.4) is 0 Å². The van der Waals surface area contributed by atoms with Crippen LogP contribution in [0.2, 0.25) is 0 Å². The fourth-order valence-corrected chi connectivity index (χ4v) is 2.15. The molecule has 0 bridgehead atoms. The zero-order valence-corrected chi connectivity index (χ0v) is 11.1. The third kappa shape index (κ3) is 2.37. The van der Waals surface area contributed by atoms with E-state index in [1.165, 1.54) is 5.69 Å². The number of fused-ring (bicyclic) bond motifs is 1. The Hall–Kier alpha value is -2.14. The van der Waals surface area contributed by atoms with Gasteiger partial charge in [-0.3, -0.25) is 0 Å². The van der Waals surface area contributed by atoms with Crippen molar-refractivity contribution in [2.45, 2.75) is 26.9 Å². The molecular weight excluding hydrogens is 240 g/mol. The highest BCUT2D eigenvalue weighted by atomic mass is 16.4. The Morgan fingerprint density at radius 2 is 2.16 bits per heavy atom. The van der Waals surface area contributed by atoms with Crippen LogP contribution in [0.1, 0.15) is 23.0 Å². The third-order valence-electron chi connectivity index (χ3n) is 3.07. The van der Waals surface area contributed by atoms with Crippen molar-refractivity contribution in [3.63, 3.8) is 0 Å². The molecule has 5 nitrogen and oxygen atoms in total. The standard InChI is InChI=1S/C14H16N4O/c1-10-7-16-14(19-10)9-15-8-12-11(2)17-13-5-3-4-6-18(12)13/h3-7,15H,8-9H2,1-2H3. The van der Waals surface area contributed by atoms with Gasteiger partial charge in [0.25, 0.3) is 0 Å². The van der Waals surface area contributed by atoms with E-state index in [4.69, 9.17) is 4.42 Å². The molecule has 0 saturated carbocycles.